The van der Waals surface area contributed by atoms with Crippen molar-refractivity contribution in [2.75, 3.05) is 7.11 Å². The first-order valence-corrected chi connectivity index (χ1v) is 5.69. The number of benzene rings is 1. The van der Waals surface area contributed by atoms with E-state index in [1.165, 1.54) is 0 Å². The normalized spacial score (nSPS) is 12.4. The number of carbonyl (C=O) groups excluding carboxylic acids is 1. The van der Waals surface area contributed by atoms with E-state index < -0.39 is 5.38 Å². The Morgan fingerprint density at radius 3 is 2.82 bits per heavy atom. The van der Waals surface area contributed by atoms with E-state index in [0.717, 1.165) is 5.39 Å². The summed E-state index contributed by atoms with van der Waals surface area (Å²) in [6.07, 6.45) is 1.67. The molecular formula is C13H12ClNO2. The zero-order valence-corrected chi connectivity index (χ0v) is 10.4. The second-order valence-electron chi connectivity index (χ2n) is 3.70. The van der Waals surface area contributed by atoms with E-state index in [0.29, 0.717) is 16.8 Å². The van der Waals surface area contributed by atoms with Crippen molar-refractivity contribution >= 4 is 28.3 Å². The fourth-order valence-corrected chi connectivity index (χ4v) is 1.86. The molecule has 0 bridgehead atoms. The molecule has 0 amide bonds. The topological polar surface area (TPSA) is 39.2 Å². The van der Waals surface area contributed by atoms with Crippen LogP contribution < -0.4 is 4.74 Å². The van der Waals surface area contributed by atoms with Crippen molar-refractivity contribution < 1.29 is 9.53 Å². The number of Topliss-reactive ketones (excluding diaryl/α,β-unsaturated/α-hetero) is 1. The monoisotopic (exact) mass is 249 g/mol. The van der Waals surface area contributed by atoms with Crippen LogP contribution >= 0.6 is 11.6 Å². The molecule has 0 aliphatic carbocycles. The van der Waals surface area contributed by atoms with Crippen molar-refractivity contribution in [1.29, 1.82) is 0 Å². The lowest BCUT2D eigenvalue weighted by Crippen LogP contribution is -2.11. The van der Waals surface area contributed by atoms with E-state index in [4.69, 9.17) is 16.3 Å². The molecular weight excluding hydrogens is 238 g/mol. The fraction of sp³-hybridized carbons (Fsp3) is 0.231. The molecule has 88 valence electrons. The predicted molar refractivity (Wildman–Crippen MR) is 67.9 cm³/mol. The third kappa shape index (κ3) is 2.11. The molecule has 3 nitrogen and oxygen atoms in total. The van der Waals surface area contributed by atoms with Crippen molar-refractivity contribution in [3.63, 3.8) is 0 Å². The number of halogens is 1. The Bertz CT molecular complexity index is 566. The summed E-state index contributed by atoms with van der Waals surface area (Å²) in [5, 5.41) is 0.219. The van der Waals surface area contributed by atoms with E-state index in [2.05, 4.69) is 4.98 Å². The molecule has 1 unspecified atom stereocenters. The van der Waals surface area contributed by atoms with Crippen molar-refractivity contribution in [3.8, 4) is 5.75 Å². The molecule has 1 aromatic carbocycles. The van der Waals surface area contributed by atoms with Gasteiger partial charge >= 0.3 is 0 Å². The molecule has 0 N–H and O–H groups in total. The van der Waals surface area contributed by atoms with Gasteiger partial charge in [0.15, 0.2) is 5.78 Å². The van der Waals surface area contributed by atoms with Gasteiger partial charge in [0.2, 0.25) is 0 Å². The number of aromatic nitrogens is 1. The molecule has 2 rings (SSSR count). The number of hydrogen-bond donors (Lipinski definition) is 0. The summed E-state index contributed by atoms with van der Waals surface area (Å²) >= 11 is 5.84. The molecule has 0 spiro atoms. The Morgan fingerprint density at radius 1 is 1.41 bits per heavy atom. The average Bonchev–Trinajstić information content (AvgIpc) is 2.36. The summed E-state index contributed by atoms with van der Waals surface area (Å²) in [5.74, 6) is 0.548. The largest absolute Gasteiger partial charge is 0.494 e. The number of pyridine rings is 1. The Kier molecular flexibility index (Phi) is 3.29. The standard InChI is InChI=1S/C13H12ClNO2/c1-8(14)13(16)10-5-6-11(17-2)12-9(10)4-3-7-15-12/h3-8H,1-2H3. The maximum absolute atomic E-state index is 12.0. The Labute approximate surface area is 104 Å². The van der Waals surface area contributed by atoms with Crippen LogP contribution in [0.1, 0.15) is 17.3 Å². The summed E-state index contributed by atoms with van der Waals surface area (Å²) in [6, 6.07) is 7.10. The number of alkyl halides is 1. The lowest BCUT2D eigenvalue weighted by molar-refractivity contribution is 0.0993. The van der Waals surface area contributed by atoms with Crippen LogP contribution in [0, 0.1) is 0 Å². The molecule has 2 aromatic rings. The van der Waals surface area contributed by atoms with E-state index in [-0.39, 0.29) is 5.78 Å². The minimum Gasteiger partial charge on any atom is -0.494 e. The van der Waals surface area contributed by atoms with E-state index in [1.807, 2.05) is 6.07 Å². The molecule has 1 heterocycles. The van der Waals surface area contributed by atoms with Gasteiger partial charge in [-0.3, -0.25) is 9.78 Å². The van der Waals surface area contributed by atoms with Gasteiger partial charge in [0.05, 0.1) is 12.5 Å². The van der Waals surface area contributed by atoms with Gasteiger partial charge in [-0.25, -0.2) is 0 Å². The summed E-state index contributed by atoms with van der Waals surface area (Å²) in [5.41, 5.74) is 1.26. The summed E-state index contributed by atoms with van der Waals surface area (Å²) in [7, 11) is 1.58. The SMILES string of the molecule is COc1ccc(C(=O)C(C)Cl)c2cccnc12. The number of nitrogens with zero attached hydrogens (tertiary/aromatic N) is 1. The van der Waals surface area contributed by atoms with Gasteiger partial charge in [-0.1, -0.05) is 6.07 Å². The van der Waals surface area contributed by atoms with Crippen LogP contribution in [0.25, 0.3) is 10.9 Å². The van der Waals surface area contributed by atoms with Gasteiger partial charge in [0.1, 0.15) is 11.3 Å². The molecule has 0 saturated heterocycles. The van der Waals surface area contributed by atoms with Crippen LogP contribution in [-0.4, -0.2) is 23.3 Å². The quantitative estimate of drug-likeness (QED) is 0.620. The number of fused-ring (bicyclic) bond motifs is 1. The highest BCUT2D eigenvalue weighted by Gasteiger charge is 2.17. The molecule has 0 radical (unpaired) electrons. The van der Waals surface area contributed by atoms with Gasteiger partial charge in [0, 0.05) is 17.1 Å². The van der Waals surface area contributed by atoms with E-state index in [1.54, 1.807) is 38.4 Å². The number of ketones is 1. The third-order valence-corrected chi connectivity index (χ3v) is 2.78. The summed E-state index contributed by atoms with van der Waals surface area (Å²) in [6.45, 7) is 1.66. The van der Waals surface area contributed by atoms with Crippen LogP contribution in [0.3, 0.4) is 0 Å². The number of ether oxygens (including phenoxy) is 1. The zero-order chi connectivity index (χ0) is 12.4. The maximum Gasteiger partial charge on any atom is 0.181 e. The number of methoxy groups -OCH3 is 1. The van der Waals surface area contributed by atoms with Gasteiger partial charge < -0.3 is 4.74 Å². The van der Waals surface area contributed by atoms with Crippen LogP contribution in [0.4, 0.5) is 0 Å². The van der Waals surface area contributed by atoms with Gasteiger partial charge in [-0.05, 0) is 25.1 Å². The molecule has 0 aliphatic rings. The van der Waals surface area contributed by atoms with Gasteiger partial charge in [-0.15, -0.1) is 11.6 Å². The number of rotatable bonds is 3. The van der Waals surface area contributed by atoms with E-state index >= 15 is 0 Å². The van der Waals surface area contributed by atoms with Crippen molar-refractivity contribution in [2.45, 2.75) is 12.3 Å². The van der Waals surface area contributed by atoms with Gasteiger partial charge in [0.25, 0.3) is 0 Å². The van der Waals surface area contributed by atoms with Gasteiger partial charge in [-0.2, -0.15) is 0 Å². The van der Waals surface area contributed by atoms with Crippen LogP contribution in [0.5, 0.6) is 5.75 Å². The van der Waals surface area contributed by atoms with E-state index in [9.17, 15) is 4.79 Å². The smallest absolute Gasteiger partial charge is 0.181 e. The van der Waals surface area contributed by atoms with Crippen LogP contribution in [-0.2, 0) is 0 Å². The minimum absolute atomic E-state index is 0.104. The van der Waals surface area contributed by atoms with Crippen LogP contribution in [0.2, 0.25) is 0 Å². The highest BCUT2D eigenvalue weighted by atomic mass is 35.5. The first kappa shape index (κ1) is 11.9. The first-order valence-electron chi connectivity index (χ1n) is 5.25. The predicted octanol–water partition coefficient (Wildman–Crippen LogP) is 3.05. The fourth-order valence-electron chi connectivity index (χ4n) is 1.74. The highest BCUT2D eigenvalue weighted by molar-refractivity contribution is 6.35. The molecule has 4 heteroatoms. The zero-order valence-electron chi connectivity index (χ0n) is 9.61. The molecule has 0 saturated carbocycles. The molecule has 0 fully saturated rings. The lowest BCUT2D eigenvalue weighted by atomic mass is 10.0. The summed E-state index contributed by atoms with van der Waals surface area (Å²) < 4.78 is 5.22. The number of carbonyl (C=O) groups is 1. The molecule has 1 atom stereocenters. The molecule has 0 aliphatic heterocycles. The lowest BCUT2D eigenvalue weighted by Gasteiger charge is -2.09. The van der Waals surface area contributed by atoms with Crippen molar-refractivity contribution in [3.05, 3.63) is 36.0 Å². The first-order chi connectivity index (χ1) is 8.15. The average molecular weight is 250 g/mol. The molecule has 1 aromatic heterocycles. The Balaban J connectivity index is 2.71. The summed E-state index contributed by atoms with van der Waals surface area (Å²) in [4.78, 5) is 16.2. The highest BCUT2D eigenvalue weighted by Crippen LogP contribution is 2.27. The van der Waals surface area contributed by atoms with Crippen molar-refractivity contribution in [1.82, 2.24) is 4.98 Å². The third-order valence-electron chi connectivity index (χ3n) is 2.58. The Hall–Kier alpha value is -1.61. The molecule has 17 heavy (non-hydrogen) atoms. The second-order valence-corrected chi connectivity index (χ2v) is 4.35. The Morgan fingerprint density at radius 2 is 2.18 bits per heavy atom. The number of hydrogen-bond acceptors (Lipinski definition) is 3. The second kappa shape index (κ2) is 4.72. The van der Waals surface area contributed by atoms with Crippen LogP contribution in [0.15, 0.2) is 30.5 Å². The van der Waals surface area contributed by atoms with Crippen molar-refractivity contribution in [2.24, 2.45) is 0 Å². The maximum atomic E-state index is 12.0. The minimum atomic E-state index is -0.549.